The normalized spacial score (nSPS) is 36.2. The van der Waals surface area contributed by atoms with Crippen LogP contribution in [0.5, 0.6) is 0 Å². The first-order chi connectivity index (χ1) is 5.61. The van der Waals surface area contributed by atoms with Gasteiger partial charge in [-0.15, -0.1) is 0 Å². The number of hydrogen-bond acceptors (Lipinski definition) is 1. The Labute approximate surface area is 72.5 Å². The molecule has 0 aromatic rings. The van der Waals surface area contributed by atoms with E-state index >= 15 is 0 Å². The quantitative estimate of drug-likeness (QED) is 0.697. The lowest BCUT2D eigenvalue weighted by atomic mass is 10.0. The van der Waals surface area contributed by atoms with Crippen LogP contribution in [0.15, 0.2) is 0 Å². The summed E-state index contributed by atoms with van der Waals surface area (Å²) in [5, 5.41) is 2.93. The van der Waals surface area contributed by atoms with Gasteiger partial charge in [0.15, 0.2) is 0 Å². The van der Waals surface area contributed by atoms with E-state index in [1.165, 1.54) is 12.8 Å². The van der Waals surface area contributed by atoms with Crippen LogP contribution in [0.4, 0.5) is 8.78 Å². The summed E-state index contributed by atoms with van der Waals surface area (Å²) in [6, 6.07) is 0.305. The monoisotopic (exact) mass is 177 g/mol. The molecule has 0 saturated heterocycles. The molecule has 1 saturated carbocycles. The highest BCUT2D eigenvalue weighted by atomic mass is 19.3. The lowest BCUT2D eigenvalue weighted by Gasteiger charge is -2.21. The molecule has 0 aliphatic heterocycles. The van der Waals surface area contributed by atoms with Crippen LogP contribution in [0.1, 0.15) is 26.7 Å². The third-order valence-electron chi connectivity index (χ3n) is 2.81. The Kier molecular flexibility index (Phi) is 3.44. The highest BCUT2D eigenvalue weighted by molar-refractivity contribution is 4.85. The topological polar surface area (TPSA) is 12.0 Å². The molecule has 0 heterocycles. The molecule has 0 aromatic carbocycles. The Morgan fingerprint density at radius 1 is 1.25 bits per heavy atom. The van der Waals surface area contributed by atoms with Gasteiger partial charge in [-0.1, -0.05) is 13.8 Å². The van der Waals surface area contributed by atoms with Gasteiger partial charge in [0.1, 0.15) is 0 Å². The van der Waals surface area contributed by atoms with Gasteiger partial charge in [0.2, 0.25) is 0 Å². The predicted molar refractivity (Wildman–Crippen MR) is 45.4 cm³/mol. The average Bonchev–Trinajstić information content (AvgIpc) is 2.28. The number of halogens is 2. The molecule has 1 rings (SSSR count). The Balaban J connectivity index is 2.29. The van der Waals surface area contributed by atoms with Crippen LogP contribution in [0.25, 0.3) is 0 Å². The summed E-state index contributed by atoms with van der Waals surface area (Å²) < 4.78 is 23.8. The summed E-state index contributed by atoms with van der Waals surface area (Å²) in [5.74, 6) is 1.11. The van der Waals surface area contributed by atoms with Crippen molar-refractivity contribution >= 4 is 0 Å². The zero-order valence-electron chi connectivity index (χ0n) is 7.69. The predicted octanol–water partition coefficient (Wildman–Crippen LogP) is 2.28. The number of nitrogens with one attached hydrogen (secondary N) is 1. The number of rotatable bonds is 3. The van der Waals surface area contributed by atoms with Crippen LogP contribution in [-0.2, 0) is 0 Å². The second kappa shape index (κ2) is 4.17. The molecule has 1 fully saturated rings. The first-order valence-corrected chi connectivity index (χ1v) is 4.62. The van der Waals surface area contributed by atoms with Crippen molar-refractivity contribution in [3.8, 4) is 0 Å². The molecule has 2 unspecified atom stereocenters. The lowest BCUT2D eigenvalue weighted by molar-refractivity contribution is 0.135. The third kappa shape index (κ3) is 2.41. The summed E-state index contributed by atoms with van der Waals surface area (Å²) in [4.78, 5) is 0. The maximum atomic E-state index is 11.9. The Morgan fingerprint density at radius 2 is 1.75 bits per heavy atom. The van der Waals surface area contributed by atoms with E-state index in [2.05, 4.69) is 19.2 Å². The molecule has 12 heavy (non-hydrogen) atoms. The zero-order valence-corrected chi connectivity index (χ0v) is 7.69. The summed E-state index contributed by atoms with van der Waals surface area (Å²) in [5.41, 5.74) is 0. The van der Waals surface area contributed by atoms with E-state index in [-0.39, 0.29) is 6.54 Å². The fourth-order valence-electron chi connectivity index (χ4n) is 2.07. The molecule has 3 heteroatoms. The van der Waals surface area contributed by atoms with Crippen LogP contribution in [0, 0.1) is 11.8 Å². The molecule has 1 nitrogen and oxygen atoms in total. The SMILES string of the molecule is CC1CCC(C)C1NCC(F)F. The Bertz CT molecular complexity index is 128. The minimum absolute atomic E-state index is 0.153. The van der Waals surface area contributed by atoms with Gasteiger partial charge in [-0.25, -0.2) is 8.78 Å². The summed E-state index contributed by atoms with van der Waals surface area (Å²) >= 11 is 0. The fourth-order valence-corrected chi connectivity index (χ4v) is 2.07. The molecule has 72 valence electrons. The van der Waals surface area contributed by atoms with Crippen LogP contribution in [0.2, 0.25) is 0 Å². The smallest absolute Gasteiger partial charge is 0.250 e. The zero-order chi connectivity index (χ0) is 9.14. The van der Waals surface area contributed by atoms with Crippen LogP contribution >= 0.6 is 0 Å². The first kappa shape index (κ1) is 9.90. The van der Waals surface area contributed by atoms with Crippen molar-refractivity contribution in [3.63, 3.8) is 0 Å². The van der Waals surface area contributed by atoms with E-state index in [9.17, 15) is 8.78 Å². The molecule has 0 aromatic heterocycles. The van der Waals surface area contributed by atoms with E-state index in [4.69, 9.17) is 0 Å². The molecule has 0 amide bonds. The first-order valence-electron chi connectivity index (χ1n) is 4.62. The van der Waals surface area contributed by atoms with E-state index in [0.717, 1.165) is 0 Å². The Hall–Kier alpha value is -0.180. The molecule has 1 N–H and O–H groups in total. The van der Waals surface area contributed by atoms with Crippen molar-refractivity contribution in [1.82, 2.24) is 5.32 Å². The second-order valence-corrected chi connectivity index (χ2v) is 3.86. The maximum Gasteiger partial charge on any atom is 0.250 e. The van der Waals surface area contributed by atoms with Crippen molar-refractivity contribution < 1.29 is 8.78 Å². The van der Waals surface area contributed by atoms with Gasteiger partial charge in [-0.3, -0.25) is 0 Å². The van der Waals surface area contributed by atoms with Crippen molar-refractivity contribution in [2.45, 2.75) is 39.2 Å². The lowest BCUT2D eigenvalue weighted by Crippen LogP contribution is -2.38. The number of hydrogen-bond donors (Lipinski definition) is 1. The largest absolute Gasteiger partial charge is 0.308 e. The maximum absolute atomic E-state index is 11.9. The van der Waals surface area contributed by atoms with Crippen molar-refractivity contribution in [2.75, 3.05) is 6.54 Å². The van der Waals surface area contributed by atoms with Crippen LogP contribution in [0.3, 0.4) is 0 Å². The van der Waals surface area contributed by atoms with E-state index in [1.54, 1.807) is 0 Å². The second-order valence-electron chi connectivity index (χ2n) is 3.86. The van der Waals surface area contributed by atoms with Crippen molar-refractivity contribution in [1.29, 1.82) is 0 Å². The summed E-state index contributed by atoms with van der Waals surface area (Å²) in [6.07, 6.45) is 0.120. The summed E-state index contributed by atoms with van der Waals surface area (Å²) in [6.45, 7) is 4.11. The molecular weight excluding hydrogens is 160 g/mol. The van der Waals surface area contributed by atoms with Gasteiger partial charge in [0.25, 0.3) is 6.43 Å². The molecule has 2 atom stereocenters. The van der Waals surface area contributed by atoms with E-state index < -0.39 is 6.43 Å². The number of alkyl halides is 2. The molecule has 1 aliphatic carbocycles. The minimum Gasteiger partial charge on any atom is -0.308 e. The van der Waals surface area contributed by atoms with Gasteiger partial charge < -0.3 is 5.32 Å². The highest BCUT2D eigenvalue weighted by Gasteiger charge is 2.29. The van der Waals surface area contributed by atoms with Crippen LogP contribution < -0.4 is 5.32 Å². The minimum atomic E-state index is -2.22. The van der Waals surface area contributed by atoms with E-state index in [0.29, 0.717) is 17.9 Å². The highest BCUT2D eigenvalue weighted by Crippen LogP contribution is 2.30. The Morgan fingerprint density at radius 3 is 2.17 bits per heavy atom. The summed E-state index contributed by atoms with van der Waals surface area (Å²) in [7, 11) is 0. The third-order valence-corrected chi connectivity index (χ3v) is 2.81. The van der Waals surface area contributed by atoms with Gasteiger partial charge in [0, 0.05) is 6.04 Å². The molecule has 0 bridgehead atoms. The van der Waals surface area contributed by atoms with Gasteiger partial charge in [-0.05, 0) is 24.7 Å². The fraction of sp³-hybridized carbons (Fsp3) is 1.00. The van der Waals surface area contributed by atoms with Crippen molar-refractivity contribution in [2.24, 2.45) is 11.8 Å². The van der Waals surface area contributed by atoms with Gasteiger partial charge in [-0.2, -0.15) is 0 Å². The standard InChI is InChI=1S/C9H17F2N/c1-6-3-4-7(2)9(6)12-5-8(10)11/h6-9,12H,3-5H2,1-2H3. The van der Waals surface area contributed by atoms with Crippen LogP contribution in [-0.4, -0.2) is 19.0 Å². The molecular formula is C9H17F2N. The van der Waals surface area contributed by atoms with Gasteiger partial charge in [0.05, 0.1) is 6.54 Å². The van der Waals surface area contributed by atoms with Crippen molar-refractivity contribution in [3.05, 3.63) is 0 Å². The molecule has 0 radical (unpaired) electrons. The molecule has 0 spiro atoms. The average molecular weight is 177 g/mol. The van der Waals surface area contributed by atoms with E-state index in [1.807, 2.05) is 0 Å². The van der Waals surface area contributed by atoms with Gasteiger partial charge >= 0.3 is 0 Å². The molecule has 1 aliphatic rings.